The lowest BCUT2D eigenvalue weighted by Gasteiger charge is -2.12. The Labute approximate surface area is 106 Å². The van der Waals surface area contributed by atoms with Crippen LogP contribution in [0.5, 0.6) is 0 Å². The van der Waals surface area contributed by atoms with Crippen molar-refractivity contribution in [2.24, 2.45) is 0 Å². The molecular weight excluding hydrogens is 258 g/mol. The molecule has 1 aromatic rings. The van der Waals surface area contributed by atoms with Crippen molar-refractivity contribution in [3.63, 3.8) is 0 Å². The summed E-state index contributed by atoms with van der Waals surface area (Å²) in [6.45, 7) is 6.24. The van der Waals surface area contributed by atoms with Crippen LogP contribution in [0, 0.1) is 0 Å². The first-order valence-electron chi connectivity index (χ1n) is 5.57. The first-order valence-corrected chi connectivity index (χ1v) is 8.21. The lowest BCUT2D eigenvalue weighted by atomic mass is 9.98. The molecule has 0 radical (unpaired) electrons. The zero-order chi connectivity index (χ0) is 12.7. The van der Waals surface area contributed by atoms with Crippen LogP contribution in [-0.2, 0) is 15.3 Å². The second-order valence-corrected chi connectivity index (χ2v) is 8.61. The molecule has 7 heteroatoms. The van der Waals surface area contributed by atoms with E-state index in [9.17, 15) is 8.42 Å². The van der Waals surface area contributed by atoms with E-state index in [1.807, 2.05) is 0 Å². The zero-order valence-corrected chi connectivity index (χ0v) is 11.9. The topological polar surface area (TPSA) is 72.0 Å². The predicted octanol–water partition coefficient (Wildman–Crippen LogP) is 1.43. The lowest BCUT2D eigenvalue weighted by molar-refractivity contribution is 0.578. The SMILES string of the molecule is CC(C)(C)c1nnc(NC2CCS(=O)(=O)C2)s1. The molecule has 96 valence electrons. The fourth-order valence-corrected chi connectivity index (χ4v) is 4.22. The molecule has 1 aliphatic heterocycles. The summed E-state index contributed by atoms with van der Waals surface area (Å²) in [5, 5.41) is 13.0. The highest BCUT2D eigenvalue weighted by Crippen LogP contribution is 2.28. The fraction of sp³-hybridized carbons (Fsp3) is 0.800. The highest BCUT2D eigenvalue weighted by Gasteiger charge is 2.29. The molecule has 1 atom stereocenters. The van der Waals surface area contributed by atoms with E-state index in [2.05, 4.69) is 36.3 Å². The van der Waals surface area contributed by atoms with Crippen molar-refractivity contribution in [1.82, 2.24) is 10.2 Å². The summed E-state index contributed by atoms with van der Waals surface area (Å²) in [5.41, 5.74) is -0.0145. The number of anilines is 1. The van der Waals surface area contributed by atoms with Gasteiger partial charge in [-0.2, -0.15) is 0 Å². The second kappa shape index (κ2) is 4.20. The highest BCUT2D eigenvalue weighted by atomic mass is 32.2. The van der Waals surface area contributed by atoms with E-state index in [4.69, 9.17) is 0 Å². The minimum atomic E-state index is -2.84. The molecule has 0 saturated carbocycles. The van der Waals surface area contributed by atoms with Crippen LogP contribution in [0.4, 0.5) is 5.13 Å². The number of nitrogens with zero attached hydrogens (tertiary/aromatic N) is 2. The van der Waals surface area contributed by atoms with Gasteiger partial charge < -0.3 is 5.32 Å². The summed E-state index contributed by atoms with van der Waals surface area (Å²) < 4.78 is 22.6. The van der Waals surface area contributed by atoms with Crippen molar-refractivity contribution in [1.29, 1.82) is 0 Å². The van der Waals surface area contributed by atoms with Crippen LogP contribution in [0.25, 0.3) is 0 Å². The first-order chi connectivity index (χ1) is 7.76. The van der Waals surface area contributed by atoms with E-state index in [1.165, 1.54) is 11.3 Å². The maximum Gasteiger partial charge on any atom is 0.205 e. The van der Waals surface area contributed by atoms with Gasteiger partial charge in [0.2, 0.25) is 5.13 Å². The average molecular weight is 275 g/mol. The van der Waals surface area contributed by atoms with E-state index in [-0.39, 0.29) is 23.0 Å². The third-order valence-electron chi connectivity index (χ3n) is 2.63. The van der Waals surface area contributed by atoms with Gasteiger partial charge in [-0.15, -0.1) is 10.2 Å². The minimum absolute atomic E-state index is 0.0132. The number of nitrogens with one attached hydrogen (secondary N) is 1. The van der Waals surface area contributed by atoms with Gasteiger partial charge in [0.1, 0.15) is 5.01 Å². The normalized spacial score (nSPS) is 23.8. The second-order valence-electron chi connectivity index (χ2n) is 5.41. The highest BCUT2D eigenvalue weighted by molar-refractivity contribution is 7.91. The van der Waals surface area contributed by atoms with E-state index in [1.54, 1.807) is 0 Å². The third-order valence-corrected chi connectivity index (χ3v) is 5.67. The van der Waals surface area contributed by atoms with Gasteiger partial charge >= 0.3 is 0 Å². The van der Waals surface area contributed by atoms with E-state index < -0.39 is 9.84 Å². The van der Waals surface area contributed by atoms with Crippen molar-refractivity contribution < 1.29 is 8.42 Å². The standard InChI is InChI=1S/C10H17N3O2S2/c1-10(2,3)8-12-13-9(16-8)11-7-4-5-17(14,15)6-7/h7H,4-6H2,1-3H3,(H,11,13). The molecule has 1 unspecified atom stereocenters. The molecule has 2 rings (SSSR count). The smallest absolute Gasteiger partial charge is 0.205 e. The minimum Gasteiger partial charge on any atom is -0.356 e. The van der Waals surface area contributed by atoms with Gasteiger partial charge in [0.05, 0.1) is 11.5 Å². The zero-order valence-electron chi connectivity index (χ0n) is 10.2. The van der Waals surface area contributed by atoms with Crippen LogP contribution >= 0.6 is 11.3 Å². The maximum absolute atomic E-state index is 11.3. The predicted molar refractivity (Wildman–Crippen MR) is 69.3 cm³/mol. The lowest BCUT2D eigenvalue weighted by Crippen LogP contribution is -2.20. The largest absolute Gasteiger partial charge is 0.356 e. The number of aromatic nitrogens is 2. The van der Waals surface area contributed by atoms with Crippen LogP contribution < -0.4 is 5.32 Å². The number of rotatable bonds is 2. The molecule has 0 spiro atoms. The summed E-state index contributed by atoms with van der Waals surface area (Å²) in [7, 11) is -2.84. The number of sulfone groups is 1. The van der Waals surface area contributed by atoms with Gasteiger partial charge in [0.15, 0.2) is 9.84 Å². The summed E-state index contributed by atoms with van der Waals surface area (Å²) in [6, 6.07) is -0.0132. The molecule has 1 fully saturated rings. The summed E-state index contributed by atoms with van der Waals surface area (Å²) in [5.74, 6) is 0.479. The van der Waals surface area contributed by atoms with Crippen molar-refractivity contribution in [3.05, 3.63) is 5.01 Å². The van der Waals surface area contributed by atoms with Gasteiger partial charge in [0.25, 0.3) is 0 Å². The Morgan fingerprint density at radius 3 is 2.53 bits per heavy atom. The number of hydrogen-bond donors (Lipinski definition) is 1. The van der Waals surface area contributed by atoms with Crippen molar-refractivity contribution >= 4 is 26.3 Å². The average Bonchev–Trinajstić information content (AvgIpc) is 2.72. The van der Waals surface area contributed by atoms with Crippen molar-refractivity contribution in [2.45, 2.75) is 38.6 Å². The Kier molecular flexibility index (Phi) is 3.15. The molecule has 0 amide bonds. The molecule has 0 aliphatic carbocycles. The third kappa shape index (κ3) is 3.16. The van der Waals surface area contributed by atoms with Gasteiger partial charge in [0, 0.05) is 11.5 Å². The van der Waals surface area contributed by atoms with E-state index in [0.29, 0.717) is 6.42 Å². The summed E-state index contributed by atoms with van der Waals surface area (Å²) in [4.78, 5) is 0. The Morgan fingerprint density at radius 2 is 2.06 bits per heavy atom. The van der Waals surface area contributed by atoms with Crippen molar-refractivity contribution in [3.8, 4) is 0 Å². The first kappa shape index (κ1) is 12.8. The molecule has 0 aromatic carbocycles. The van der Waals surface area contributed by atoms with E-state index in [0.717, 1.165) is 10.1 Å². The van der Waals surface area contributed by atoms with Gasteiger partial charge in [-0.25, -0.2) is 8.42 Å². The van der Waals surface area contributed by atoms with Gasteiger partial charge in [-0.1, -0.05) is 32.1 Å². The monoisotopic (exact) mass is 275 g/mol. The molecule has 1 aromatic heterocycles. The molecule has 1 N–H and O–H groups in total. The van der Waals surface area contributed by atoms with E-state index >= 15 is 0 Å². The van der Waals surface area contributed by atoms with Crippen LogP contribution in [0.2, 0.25) is 0 Å². The van der Waals surface area contributed by atoms with Gasteiger partial charge in [-0.3, -0.25) is 0 Å². The maximum atomic E-state index is 11.3. The Morgan fingerprint density at radius 1 is 1.35 bits per heavy atom. The summed E-state index contributed by atoms with van der Waals surface area (Å²) in [6.07, 6.45) is 0.659. The van der Waals surface area contributed by atoms with Crippen LogP contribution in [0.1, 0.15) is 32.2 Å². The Balaban J connectivity index is 2.03. The molecule has 5 nitrogen and oxygen atoms in total. The molecular formula is C10H17N3O2S2. The summed E-state index contributed by atoms with van der Waals surface area (Å²) >= 11 is 1.50. The molecule has 1 aliphatic rings. The molecule has 17 heavy (non-hydrogen) atoms. The van der Waals surface area contributed by atoms with Gasteiger partial charge in [-0.05, 0) is 6.42 Å². The molecule has 1 saturated heterocycles. The Bertz CT molecular complexity index is 502. The quantitative estimate of drug-likeness (QED) is 0.884. The van der Waals surface area contributed by atoms with Crippen LogP contribution in [0.3, 0.4) is 0 Å². The molecule has 2 heterocycles. The van der Waals surface area contributed by atoms with Crippen molar-refractivity contribution in [2.75, 3.05) is 16.8 Å². The van der Waals surface area contributed by atoms with Crippen LogP contribution in [0.15, 0.2) is 0 Å². The van der Waals surface area contributed by atoms with Crippen LogP contribution in [-0.4, -0.2) is 36.2 Å². The number of hydrogen-bond acceptors (Lipinski definition) is 6. The molecule has 0 bridgehead atoms. The fourth-order valence-electron chi connectivity index (χ4n) is 1.67. The Hall–Kier alpha value is -0.690.